The van der Waals surface area contributed by atoms with Gasteiger partial charge < -0.3 is 0 Å². The van der Waals surface area contributed by atoms with Gasteiger partial charge in [-0.15, -0.1) is 24.8 Å². The van der Waals surface area contributed by atoms with Gasteiger partial charge >= 0.3 is 120 Å². The molecule has 0 spiro atoms. The van der Waals surface area contributed by atoms with E-state index in [9.17, 15) is 0 Å². The van der Waals surface area contributed by atoms with Crippen molar-refractivity contribution in [3.63, 3.8) is 0 Å². The van der Waals surface area contributed by atoms with Crippen molar-refractivity contribution in [2.75, 3.05) is 0 Å². The fraction of sp³-hybridized carbons (Fsp3) is 0.471. The van der Waals surface area contributed by atoms with Gasteiger partial charge in [0.05, 0.1) is 0 Å². The van der Waals surface area contributed by atoms with E-state index in [1.165, 1.54) is 17.6 Å². The second kappa shape index (κ2) is 7.52. The van der Waals surface area contributed by atoms with Crippen molar-refractivity contribution < 1.29 is 21.3 Å². The molecule has 0 saturated carbocycles. The molecule has 0 aromatic rings. The van der Waals surface area contributed by atoms with E-state index in [4.69, 9.17) is 0 Å². The average Bonchev–Trinajstić information content (AvgIpc) is 2.75. The van der Waals surface area contributed by atoms with Gasteiger partial charge in [-0.2, -0.15) is 0 Å². The van der Waals surface area contributed by atoms with Gasteiger partial charge in [0.1, 0.15) is 0 Å². The van der Waals surface area contributed by atoms with Gasteiger partial charge in [-0.25, -0.2) is 0 Å². The monoisotopic (exact) mass is 390 g/mol. The van der Waals surface area contributed by atoms with Crippen molar-refractivity contribution in [3.05, 3.63) is 40.5 Å². The van der Waals surface area contributed by atoms with Crippen molar-refractivity contribution >= 4 is 29.0 Å². The van der Waals surface area contributed by atoms with Gasteiger partial charge in [0.2, 0.25) is 0 Å². The second-order valence-corrected chi connectivity index (χ2v) is 11.1. The Labute approximate surface area is 144 Å². The Kier molecular flexibility index (Phi) is 7.63. The third kappa shape index (κ3) is 3.37. The molecule has 2 aliphatic rings. The van der Waals surface area contributed by atoms with Crippen LogP contribution in [-0.2, 0) is 21.3 Å². The molecular formula is C17H26Cl2Zr. The first kappa shape index (κ1) is 20.3. The third-order valence-corrected chi connectivity index (χ3v) is 11.2. The molecule has 20 heavy (non-hydrogen) atoms. The van der Waals surface area contributed by atoms with E-state index in [0.29, 0.717) is 5.92 Å². The minimum absolute atomic E-state index is 0. The molecule has 1 atom stereocenters. The van der Waals surface area contributed by atoms with Gasteiger partial charge in [0.25, 0.3) is 0 Å². The van der Waals surface area contributed by atoms with Crippen molar-refractivity contribution in [1.82, 2.24) is 0 Å². The predicted octanol–water partition coefficient (Wildman–Crippen LogP) is 5.76. The van der Waals surface area contributed by atoms with Crippen LogP contribution < -0.4 is 0 Å². The summed E-state index contributed by atoms with van der Waals surface area (Å²) < 4.78 is 8.09. The van der Waals surface area contributed by atoms with Crippen LogP contribution in [0, 0.1) is 5.92 Å². The first-order chi connectivity index (χ1) is 8.34. The maximum atomic E-state index is 4.66. The number of rotatable bonds is 2. The summed E-state index contributed by atoms with van der Waals surface area (Å²) in [4.78, 5) is 0. The zero-order valence-corrected chi connectivity index (χ0v) is 17.5. The summed E-state index contributed by atoms with van der Waals surface area (Å²) in [5.74, 6) is 0.652. The zero-order chi connectivity index (χ0) is 13.6. The Balaban J connectivity index is 0.00000180. The summed E-state index contributed by atoms with van der Waals surface area (Å²) in [5.41, 5.74) is 7.70. The summed E-state index contributed by atoms with van der Waals surface area (Å²) in [6.07, 6.45) is 3.64. The second-order valence-electron chi connectivity index (χ2n) is 5.86. The van der Waals surface area contributed by atoms with E-state index in [0.717, 1.165) is 0 Å². The van der Waals surface area contributed by atoms with Gasteiger partial charge in [-0.3, -0.25) is 0 Å². The molecule has 0 aliphatic heterocycles. The molecule has 0 radical (unpaired) electrons. The fourth-order valence-electron chi connectivity index (χ4n) is 3.08. The summed E-state index contributed by atoms with van der Waals surface area (Å²) in [6, 6.07) is 0. The first-order valence-corrected chi connectivity index (χ1v) is 11.0. The van der Waals surface area contributed by atoms with Crippen molar-refractivity contribution in [3.8, 4) is 0 Å². The predicted molar refractivity (Wildman–Crippen MR) is 92.9 cm³/mol. The Morgan fingerprint density at radius 2 is 1.60 bits per heavy atom. The van der Waals surface area contributed by atoms with Crippen LogP contribution in [-0.4, -0.2) is 4.21 Å². The van der Waals surface area contributed by atoms with Gasteiger partial charge in [-0.05, 0) is 0 Å². The van der Waals surface area contributed by atoms with Crippen LogP contribution in [0.3, 0.4) is 0 Å². The van der Waals surface area contributed by atoms with Gasteiger partial charge in [0.15, 0.2) is 0 Å². The van der Waals surface area contributed by atoms with Crippen LogP contribution in [0.4, 0.5) is 0 Å². The van der Waals surface area contributed by atoms with Crippen molar-refractivity contribution in [2.24, 2.45) is 5.92 Å². The number of allylic oxidation sites excluding steroid dienone is 8. The molecule has 0 amide bonds. The molecule has 0 heterocycles. The van der Waals surface area contributed by atoms with E-state index in [1.54, 1.807) is 23.3 Å². The normalized spacial score (nSPS) is 21.9. The molecule has 0 nitrogen and oxygen atoms in total. The Morgan fingerprint density at radius 1 is 1.05 bits per heavy atom. The van der Waals surface area contributed by atoms with Crippen LogP contribution in [0.2, 0.25) is 0 Å². The molecule has 0 saturated heterocycles. The maximum absolute atomic E-state index is 4.66. The molecule has 0 bridgehead atoms. The quantitative estimate of drug-likeness (QED) is 0.560. The molecule has 2 aliphatic carbocycles. The van der Waals surface area contributed by atoms with Crippen LogP contribution in [0.25, 0.3) is 0 Å². The Morgan fingerprint density at radius 3 is 1.95 bits per heavy atom. The minimum atomic E-state index is -1.80. The fourth-order valence-corrected chi connectivity index (χ4v) is 9.46. The van der Waals surface area contributed by atoms with Crippen LogP contribution in [0.15, 0.2) is 40.5 Å². The molecule has 2 rings (SSSR count). The zero-order valence-electron chi connectivity index (χ0n) is 13.4. The summed E-state index contributed by atoms with van der Waals surface area (Å²) in [7, 11) is 0. The Bertz CT molecular complexity index is 560. The molecule has 0 fully saturated rings. The topological polar surface area (TPSA) is 0 Å². The average molecular weight is 393 g/mol. The van der Waals surface area contributed by atoms with Crippen LogP contribution in [0.5, 0.6) is 0 Å². The van der Waals surface area contributed by atoms with Crippen LogP contribution >= 0.6 is 24.8 Å². The third-order valence-electron chi connectivity index (χ3n) is 4.87. The van der Waals surface area contributed by atoms with Crippen molar-refractivity contribution in [1.29, 1.82) is 0 Å². The Hall–Kier alpha value is 0.293. The van der Waals surface area contributed by atoms with Gasteiger partial charge in [0, 0.05) is 0 Å². The van der Waals surface area contributed by atoms with Crippen LogP contribution in [0.1, 0.15) is 48.0 Å². The molecule has 0 aromatic carbocycles. The molecule has 3 heteroatoms. The molecule has 1 unspecified atom stereocenters. The standard InChI is InChI=1S/C9H13.C7H9.CH2.2ClH.Zr/c1-6-5-7(2)9(4)8(6)3;1-6-4-3-5-7(6)2;;;;/h6H,1-4H3;4H,5H2,1-2H3;1H2;2*1H;. The summed E-state index contributed by atoms with van der Waals surface area (Å²) in [5, 5.41) is 0. The van der Waals surface area contributed by atoms with E-state index >= 15 is 0 Å². The number of hydrogen-bond donors (Lipinski definition) is 0. The SMILES string of the molecule is Cl.Cl.[CH2]=[Zr]([C]1=CC(C)=C(C)C1)[C]1=C(C)C(C)=C(C)C1C. The molecule has 0 N–H and O–H groups in total. The summed E-state index contributed by atoms with van der Waals surface area (Å²) in [6.45, 7) is 13.8. The molecule has 0 aromatic heterocycles. The van der Waals surface area contributed by atoms with Gasteiger partial charge in [-0.1, -0.05) is 0 Å². The number of hydrogen-bond acceptors (Lipinski definition) is 0. The first-order valence-electron chi connectivity index (χ1n) is 6.79. The molecular weight excluding hydrogens is 366 g/mol. The van der Waals surface area contributed by atoms with E-state index in [1.807, 2.05) is 0 Å². The molecule has 112 valence electrons. The van der Waals surface area contributed by atoms with Crippen molar-refractivity contribution in [2.45, 2.75) is 48.0 Å². The van der Waals surface area contributed by atoms with E-state index in [2.05, 4.69) is 51.8 Å². The summed E-state index contributed by atoms with van der Waals surface area (Å²) >= 11 is -1.80. The van der Waals surface area contributed by atoms with E-state index in [-0.39, 0.29) is 24.8 Å². The number of halogens is 2. The van der Waals surface area contributed by atoms with E-state index < -0.39 is 21.3 Å².